The summed E-state index contributed by atoms with van der Waals surface area (Å²) < 4.78 is 47.4. The third kappa shape index (κ3) is 7.57. The summed E-state index contributed by atoms with van der Waals surface area (Å²) in [5, 5.41) is 2.85. The van der Waals surface area contributed by atoms with E-state index in [9.17, 15) is 22.4 Å². The zero-order valence-electron chi connectivity index (χ0n) is 22.5. The number of ether oxygens (including phenoxy) is 1. The second-order valence-corrected chi connectivity index (χ2v) is 11.1. The van der Waals surface area contributed by atoms with Crippen LogP contribution in [0, 0.1) is 5.82 Å². The van der Waals surface area contributed by atoms with Crippen LogP contribution in [0.2, 0.25) is 0 Å². The van der Waals surface area contributed by atoms with E-state index in [2.05, 4.69) is 5.32 Å². The smallest absolute Gasteiger partial charge is 0.264 e. The largest absolute Gasteiger partial charge is 0.497 e. The summed E-state index contributed by atoms with van der Waals surface area (Å²) in [5.74, 6) is -0.988. The van der Waals surface area contributed by atoms with E-state index < -0.39 is 34.3 Å². The molecule has 0 saturated heterocycles. The lowest BCUT2D eigenvalue weighted by atomic mass is 10.1. The van der Waals surface area contributed by atoms with Gasteiger partial charge in [-0.05, 0) is 74.4 Å². The summed E-state index contributed by atoms with van der Waals surface area (Å²) in [7, 11) is -2.79. The molecule has 0 fully saturated rings. The van der Waals surface area contributed by atoms with Crippen molar-refractivity contribution in [2.75, 3.05) is 18.0 Å². The van der Waals surface area contributed by atoms with Crippen molar-refractivity contribution in [3.8, 4) is 5.75 Å². The van der Waals surface area contributed by atoms with E-state index in [0.29, 0.717) is 12.2 Å². The van der Waals surface area contributed by atoms with Gasteiger partial charge in [-0.15, -0.1) is 0 Å². The number of carbonyl (C=O) groups excluding carboxylic acids is 2. The van der Waals surface area contributed by atoms with Crippen LogP contribution in [0.5, 0.6) is 5.75 Å². The third-order valence-electron chi connectivity index (χ3n) is 6.05. The van der Waals surface area contributed by atoms with Gasteiger partial charge in [-0.2, -0.15) is 0 Å². The molecular formula is C29H34FN3O5S. The fourth-order valence-electron chi connectivity index (χ4n) is 4.09. The van der Waals surface area contributed by atoms with E-state index in [4.69, 9.17) is 4.74 Å². The average molecular weight is 556 g/mol. The number of hydrogen-bond donors (Lipinski definition) is 1. The molecule has 208 valence electrons. The standard InChI is InChI=1S/C29H34FN3O5S/c1-5-27(29(35)31-21(2)3)32(19-22-9-7-6-8-10-22)28(34)20-33(24-13-11-23(30)12-14-24)39(36,37)26-17-15-25(38-4)16-18-26/h6-18,21,27H,5,19-20H2,1-4H3,(H,31,35)/t27-/m0/s1. The molecule has 0 heterocycles. The molecular weight excluding hydrogens is 521 g/mol. The van der Waals surface area contributed by atoms with Crippen LogP contribution in [-0.2, 0) is 26.2 Å². The zero-order valence-corrected chi connectivity index (χ0v) is 23.3. The van der Waals surface area contributed by atoms with Gasteiger partial charge in [0.05, 0.1) is 17.7 Å². The predicted octanol–water partition coefficient (Wildman–Crippen LogP) is 4.36. The molecule has 10 heteroatoms. The van der Waals surface area contributed by atoms with Crippen molar-refractivity contribution >= 4 is 27.5 Å². The highest BCUT2D eigenvalue weighted by Crippen LogP contribution is 2.26. The molecule has 0 spiro atoms. The van der Waals surface area contributed by atoms with Gasteiger partial charge in [-0.1, -0.05) is 37.3 Å². The second kappa shape index (κ2) is 13.2. The normalized spacial score (nSPS) is 12.1. The predicted molar refractivity (Wildman–Crippen MR) is 148 cm³/mol. The Morgan fingerprint density at radius 3 is 2.10 bits per heavy atom. The van der Waals surface area contributed by atoms with E-state index >= 15 is 0 Å². The molecule has 0 unspecified atom stereocenters. The van der Waals surface area contributed by atoms with Gasteiger partial charge in [0.1, 0.15) is 24.2 Å². The number of methoxy groups -OCH3 is 1. The third-order valence-corrected chi connectivity index (χ3v) is 7.84. The number of nitrogens with one attached hydrogen (secondary N) is 1. The van der Waals surface area contributed by atoms with Crippen LogP contribution >= 0.6 is 0 Å². The first-order valence-electron chi connectivity index (χ1n) is 12.6. The van der Waals surface area contributed by atoms with Gasteiger partial charge in [-0.25, -0.2) is 12.8 Å². The highest BCUT2D eigenvalue weighted by Gasteiger charge is 2.33. The van der Waals surface area contributed by atoms with Crippen LogP contribution in [-0.4, -0.2) is 50.9 Å². The Hall–Kier alpha value is -3.92. The number of rotatable bonds is 12. The van der Waals surface area contributed by atoms with E-state index in [0.717, 1.165) is 22.0 Å². The van der Waals surface area contributed by atoms with Gasteiger partial charge in [0.25, 0.3) is 10.0 Å². The van der Waals surface area contributed by atoms with Gasteiger partial charge < -0.3 is 15.0 Å². The van der Waals surface area contributed by atoms with Gasteiger partial charge in [0, 0.05) is 12.6 Å². The number of sulfonamides is 1. The lowest BCUT2D eigenvalue weighted by Crippen LogP contribution is -2.53. The van der Waals surface area contributed by atoms with E-state index in [-0.39, 0.29) is 29.1 Å². The maximum absolute atomic E-state index is 13.9. The Morgan fingerprint density at radius 1 is 0.949 bits per heavy atom. The maximum atomic E-state index is 13.9. The van der Waals surface area contributed by atoms with E-state index in [1.54, 1.807) is 6.92 Å². The van der Waals surface area contributed by atoms with Gasteiger partial charge >= 0.3 is 0 Å². The summed E-state index contributed by atoms with van der Waals surface area (Å²) in [6, 6.07) is 18.8. The van der Waals surface area contributed by atoms with Crippen molar-refractivity contribution in [3.05, 3.63) is 90.2 Å². The molecule has 0 bridgehead atoms. The topological polar surface area (TPSA) is 96.0 Å². The second-order valence-electron chi connectivity index (χ2n) is 9.26. The summed E-state index contributed by atoms with van der Waals surface area (Å²) in [6.45, 7) is 4.95. The molecule has 39 heavy (non-hydrogen) atoms. The van der Waals surface area contributed by atoms with Gasteiger partial charge in [0.15, 0.2) is 0 Å². The van der Waals surface area contributed by atoms with Crippen LogP contribution in [0.15, 0.2) is 83.8 Å². The van der Waals surface area contributed by atoms with Gasteiger partial charge in [-0.3, -0.25) is 13.9 Å². The van der Waals surface area contributed by atoms with Gasteiger partial charge in [0.2, 0.25) is 11.8 Å². The summed E-state index contributed by atoms with van der Waals surface area (Å²) in [5.41, 5.74) is 0.896. The average Bonchev–Trinajstić information content (AvgIpc) is 2.92. The monoisotopic (exact) mass is 555 g/mol. The molecule has 1 N–H and O–H groups in total. The highest BCUT2D eigenvalue weighted by atomic mass is 32.2. The number of benzene rings is 3. The molecule has 2 amide bonds. The summed E-state index contributed by atoms with van der Waals surface area (Å²) >= 11 is 0. The van der Waals surface area contributed by atoms with Crippen LogP contribution in [0.4, 0.5) is 10.1 Å². The first-order chi connectivity index (χ1) is 18.6. The first kappa shape index (κ1) is 29.6. The Labute approximate surface area is 229 Å². The zero-order chi connectivity index (χ0) is 28.6. The van der Waals surface area contributed by atoms with Crippen molar-refractivity contribution in [1.82, 2.24) is 10.2 Å². The maximum Gasteiger partial charge on any atom is 0.264 e. The Kier molecular flexibility index (Phi) is 10.1. The molecule has 0 radical (unpaired) electrons. The molecule has 3 aromatic carbocycles. The minimum atomic E-state index is -4.26. The lowest BCUT2D eigenvalue weighted by Gasteiger charge is -2.33. The molecule has 8 nitrogen and oxygen atoms in total. The molecule has 0 aliphatic carbocycles. The summed E-state index contributed by atoms with van der Waals surface area (Å²) in [6.07, 6.45) is 0.318. The number of carbonyl (C=O) groups is 2. The fraction of sp³-hybridized carbons (Fsp3) is 0.310. The molecule has 0 aliphatic heterocycles. The van der Waals surface area contributed by atoms with Crippen molar-refractivity contribution in [2.45, 2.75) is 50.7 Å². The quantitative estimate of drug-likeness (QED) is 0.358. The number of hydrogen-bond acceptors (Lipinski definition) is 5. The minimum absolute atomic E-state index is 0.0698. The molecule has 0 aromatic heterocycles. The number of anilines is 1. The Balaban J connectivity index is 2.04. The van der Waals surface area contributed by atoms with Crippen LogP contribution in [0.1, 0.15) is 32.8 Å². The molecule has 3 aromatic rings. The van der Waals surface area contributed by atoms with Crippen molar-refractivity contribution < 1.29 is 27.1 Å². The van der Waals surface area contributed by atoms with Crippen LogP contribution in [0.25, 0.3) is 0 Å². The van der Waals surface area contributed by atoms with Crippen molar-refractivity contribution in [2.24, 2.45) is 0 Å². The van der Waals surface area contributed by atoms with Crippen molar-refractivity contribution in [3.63, 3.8) is 0 Å². The lowest BCUT2D eigenvalue weighted by molar-refractivity contribution is -0.140. The van der Waals surface area contributed by atoms with E-state index in [1.165, 1.54) is 48.4 Å². The minimum Gasteiger partial charge on any atom is -0.497 e. The summed E-state index contributed by atoms with van der Waals surface area (Å²) in [4.78, 5) is 28.3. The number of halogens is 1. The molecule has 0 saturated carbocycles. The SMILES string of the molecule is CC[C@@H](C(=O)NC(C)C)N(Cc1ccccc1)C(=O)CN(c1ccc(F)cc1)S(=O)(=O)c1ccc(OC)cc1. The molecule has 0 aliphatic rings. The highest BCUT2D eigenvalue weighted by molar-refractivity contribution is 7.92. The Bertz CT molecular complexity index is 1350. The van der Waals surface area contributed by atoms with E-state index in [1.807, 2.05) is 44.2 Å². The van der Waals surface area contributed by atoms with Crippen LogP contribution < -0.4 is 14.4 Å². The molecule has 1 atom stereocenters. The first-order valence-corrected chi connectivity index (χ1v) is 14.1. The fourth-order valence-corrected chi connectivity index (χ4v) is 5.51. The van der Waals surface area contributed by atoms with Crippen molar-refractivity contribution in [1.29, 1.82) is 0 Å². The Morgan fingerprint density at radius 2 is 1.56 bits per heavy atom. The van der Waals surface area contributed by atoms with Crippen LogP contribution in [0.3, 0.4) is 0 Å². The number of amides is 2. The number of nitrogens with zero attached hydrogens (tertiary/aromatic N) is 2. The molecule has 3 rings (SSSR count).